The van der Waals surface area contributed by atoms with E-state index in [4.69, 9.17) is 15.2 Å². The van der Waals surface area contributed by atoms with E-state index in [9.17, 15) is 0 Å². The van der Waals surface area contributed by atoms with Gasteiger partial charge in [0.1, 0.15) is 0 Å². The van der Waals surface area contributed by atoms with Crippen molar-refractivity contribution in [3.05, 3.63) is 0 Å². The van der Waals surface area contributed by atoms with Crippen LogP contribution in [-0.4, -0.2) is 49.1 Å². The van der Waals surface area contributed by atoms with Gasteiger partial charge < -0.3 is 15.2 Å². The Labute approximate surface area is 128 Å². The van der Waals surface area contributed by atoms with E-state index in [1.807, 2.05) is 0 Å². The Balaban J connectivity index is 1.41. The number of hydrogen-bond acceptors (Lipinski definition) is 4. The van der Waals surface area contributed by atoms with Crippen LogP contribution in [0.25, 0.3) is 0 Å². The third-order valence-electron chi connectivity index (χ3n) is 6.68. The molecule has 4 fully saturated rings. The fourth-order valence-electron chi connectivity index (χ4n) is 5.27. The summed E-state index contributed by atoms with van der Waals surface area (Å²) in [6, 6.07) is 0.747. The van der Waals surface area contributed by atoms with Crippen molar-refractivity contribution in [2.45, 2.75) is 75.7 Å². The molecule has 2 atom stereocenters. The van der Waals surface area contributed by atoms with Gasteiger partial charge in [-0.15, -0.1) is 0 Å². The number of piperidine rings is 1. The molecular formula is C17H30N2O2. The molecule has 2 heterocycles. The zero-order valence-electron chi connectivity index (χ0n) is 13.2. The lowest BCUT2D eigenvalue weighted by Crippen LogP contribution is -2.58. The average Bonchev–Trinajstić information content (AvgIpc) is 3.14. The second kappa shape index (κ2) is 5.48. The summed E-state index contributed by atoms with van der Waals surface area (Å²) < 4.78 is 11.9. The molecule has 2 saturated carbocycles. The van der Waals surface area contributed by atoms with E-state index in [1.165, 1.54) is 51.6 Å². The summed E-state index contributed by atoms with van der Waals surface area (Å²) in [5, 5.41) is 0. The second-order valence-corrected chi connectivity index (χ2v) is 7.82. The van der Waals surface area contributed by atoms with Gasteiger partial charge in [0.25, 0.3) is 0 Å². The topological polar surface area (TPSA) is 47.7 Å². The SMILES string of the molecule is NC1CCC2(CC1N1CCC3(CCCC3)CC1)OCCO2. The van der Waals surface area contributed by atoms with E-state index >= 15 is 0 Å². The first-order valence-electron chi connectivity index (χ1n) is 8.98. The maximum Gasteiger partial charge on any atom is 0.170 e. The predicted octanol–water partition coefficient (Wildman–Crippen LogP) is 2.27. The van der Waals surface area contributed by atoms with Gasteiger partial charge in [0.2, 0.25) is 0 Å². The molecule has 4 heteroatoms. The first-order valence-corrected chi connectivity index (χ1v) is 8.98. The van der Waals surface area contributed by atoms with Crippen molar-refractivity contribution in [2.24, 2.45) is 11.1 Å². The van der Waals surface area contributed by atoms with Crippen LogP contribution in [0, 0.1) is 5.41 Å². The summed E-state index contributed by atoms with van der Waals surface area (Å²) in [5.74, 6) is -0.303. The van der Waals surface area contributed by atoms with Crippen molar-refractivity contribution >= 4 is 0 Å². The zero-order chi connectivity index (χ0) is 14.3. The highest BCUT2D eigenvalue weighted by atomic mass is 16.7. The zero-order valence-corrected chi connectivity index (χ0v) is 13.2. The molecule has 4 rings (SSSR count). The number of ether oxygens (including phenoxy) is 2. The smallest absolute Gasteiger partial charge is 0.170 e. The lowest BCUT2D eigenvalue weighted by atomic mass is 9.75. The Morgan fingerprint density at radius 2 is 1.57 bits per heavy atom. The fraction of sp³-hybridized carbons (Fsp3) is 1.00. The Kier molecular flexibility index (Phi) is 3.77. The van der Waals surface area contributed by atoms with Crippen molar-refractivity contribution in [3.63, 3.8) is 0 Å². The molecule has 2 aliphatic carbocycles. The lowest BCUT2D eigenvalue weighted by Gasteiger charge is -2.48. The second-order valence-electron chi connectivity index (χ2n) is 7.82. The van der Waals surface area contributed by atoms with Crippen molar-refractivity contribution in [1.82, 2.24) is 4.90 Å². The van der Waals surface area contributed by atoms with E-state index in [0.717, 1.165) is 32.5 Å². The number of rotatable bonds is 1. The molecule has 2 N–H and O–H groups in total. The van der Waals surface area contributed by atoms with E-state index < -0.39 is 0 Å². The standard InChI is InChI=1S/C17H30N2O2/c18-14-3-6-17(20-11-12-21-17)13-15(14)19-9-7-16(8-10-19)4-1-2-5-16/h14-15H,1-13,18H2. The van der Waals surface area contributed by atoms with Crippen LogP contribution >= 0.6 is 0 Å². The number of nitrogens with two attached hydrogens (primary N) is 1. The van der Waals surface area contributed by atoms with E-state index in [0.29, 0.717) is 17.5 Å². The van der Waals surface area contributed by atoms with Crippen LogP contribution in [0.15, 0.2) is 0 Å². The monoisotopic (exact) mass is 294 g/mol. The first-order chi connectivity index (χ1) is 10.2. The highest BCUT2D eigenvalue weighted by Gasteiger charge is 2.47. The summed E-state index contributed by atoms with van der Waals surface area (Å²) in [5.41, 5.74) is 7.14. The van der Waals surface area contributed by atoms with Crippen LogP contribution in [-0.2, 0) is 9.47 Å². The number of likely N-dealkylation sites (tertiary alicyclic amines) is 1. The van der Waals surface area contributed by atoms with Crippen LogP contribution in [0.3, 0.4) is 0 Å². The van der Waals surface area contributed by atoms with E-state index in [2.05, 4.69) is 4.90 Å². The average molecular weight is 294 g/mol. The molecule has 2 saturated heterocycles. The minimum Gasteiger partial charge on any atom is -0.347 e. The Bertz CT molecular complexity index is 365. The van der Waals surface area contributed by atoms with Crippen molar-refractivity contribution in [2.75, 3.05) is 26.3 Å². The van der Waals surface area contributed by atoms with Gasteiger partial charge in [-0.05, 0) is 50.6 Å². The predicted molar refractivity (Wildman–Crippen MR) is 82.0 cm³/mol. The molecule has 0 radical (unpaired) electrons. The lowest BCUT2D eigenvalue weighted by molar-refractivity contribution is -0.193. The van der Waals surface area contributed by atoms with Crippen LogP contribution in [0.1, 0.15) is 57.8 Å². The molecule has 2 spiro atoms. The molecule has 2 unspecified atom stereocenters. The van der Waals surface area contributed by atoms with Gasteiger partial charge in [-0.3, -0.25) is 4.90 Å². The summed E-state index contributed by atoms with van der Waals surface area (Å²) in [7, 11) is 0. The van der Waals surface area contributed by atoms with Crippen molar-refractivity contribution in [1.29, 1.82) is 0 Å². The van der Waals surface area contributed by atoms with Gasteiger partial charge in [0, 0.05) is 24.9 Å². The molecule has 4 aliphatic rings. The third-order valence-corrected chi connectivity index (χ3v) is 6.68. The quantitative estimate of drug-likeness (QED) is 0.806. The number of hydrogen-bond donors (Lipinski definition) is 1. The largest absolute Gasteiger partial charge is 0.347 e. The van der Waals surface area contributed by atoms with Crippen LogP contribution in [0.4, 0.5) is 0 Å². The molecule has 120 valence electrons. The summed E-state index contributed by atoms with van der Waals surface area (Å²) in [4.78, 5) is 2.65. The van der Waals surface area contributed by atoms with Crippen LogP contribution in [0.5, 0.6) is 0 Å². The summed E-state index contributed by atoms with van der Waals surface area (Å²) >= 11 is 0. The minimum absolute atomic E-state index is 0.293. The Morgan fingerprint density at radius 1 is 0.905 bits per heavy atom. The molecule has 4 nitrogen and oxygen atoms in total. The molecule has 0 aromatic rings. The third kappa shape index (κ3) is 2.65. The summed E-state index contributed by atoms with van der Waals surface area (Å²) in [6.07, 6.45) is 11.6. The molecule has 0 aromatic carbocycles. The molecule has 2 aliphatic heterocycles. The highest BCUT2D eigenvalue weighted by Crippen LogP contribution is 2.47. The van der Waals surface area contributed by atoms with Crippen LogP contribution in [0.2, 0.25) is 0 Å². The number of nitrogens with zero attached hydrogens (tertiary/aromatic N) is 1. The maximum absolute atomic E-state index is 6.45. The molecule has 0 aromatic heterocycles. The van der Waals surface area contributed by atoms with Gasteiger partial charge >= 0.3 is 0 Å². The molecule has 0 bridgehead atoms. The highest BCUT2D eigenvalue weighted by molar-refractivity contribution is 4.98. The van der Waals surface area contributed by atoms with Gasteiger partial charge in [0.05, 0.1) is 13.2 Å². The van der Waals surface area contributed by atoms with E-state index in [-0.39, 0.29) is 5.79 Å². The van der Waals surface area contributed by atoms with Crippen molar-refractivity contribution < 1.29 is 9.47 Å². The molecule has 0 amide bonds. The van der Waals surface area contributed by atoms with Gasteiger partial charge in [-0.2, -0.15) is 0 Å². The Morgan fingerprint density at radius 3 is 2.24 bits per heavy atom. The molecular weight excluding hydrogens is 264 g/mol. The van der Waals surface area contributed by atoms with E-state index in [1.54, 1.807) is 0 Å². The van der Waals surface area contributed by atoms with Gasteiger partial charge in [0.15, 0.2) is 5.79 Å². The molecule has 21 heavy (non-hydrogen) atoms. The first kappa shape index (κ1) is 14.4. The Hall–Kier alpha value is -0.160. The van der Waals surface area contributed by atoms with Gasteiger partial charge in [-0.25, -0.2) is 0 Å². The fourth-order valence-corrected chi connectivity index (χ4v) is 5.27. The minimum atomic E-state index is -0.303. The maximum atomic E-state index is 6.45. The van der Waals surface area contributed by atoms with Crippen molar-refractivity contribution in [3.8, 4) is 0 Å². The normalized spacial score (nSPS) is 39.3. The summed E-state index contributed by atoms with van der Waals surface area (Å²) in [6.45, 7) is 3.97. The van der Waals surface area contributed by atoms with Gasteiger partial charge in [-0.1, -0.05) is 12.8 Å². The van der Waals surface area contributed by atoms with Crippen LogP contribution < -0.4 is 5.73 Å².